The number of anilines is 1. The molecule has 1 N–H and O–H groups in total. The lowest BCUT2D eigenvalue weighted by atomic mass is 10.1. The van der Waals surface area contributed by atoms with Gasteiger partial charge in [0.15, 0.2) is 0 Å². The smallest absolute Gasteiger partial charge is 0.321 e. The summed E-state index contributed by atoms with van der Waals surface area (Å²) < 4.78 is 17.1. The molecule has 2 aromatic carbocycles. The maximum atomic E-state index is 12.4. The van der Waals surface area contributed by atoms with Crippen LogP contribution in [0, 0.1) is 0 Å². The monoisotopic (exact) mass is 398 g/mol. The van der Waals surface area contributed by atoms with Crippen LogP contribution in [0.3, 0.4) is 0 Å². The fourth-order valence-corrected chi connectivity index (χ4v) is 3.12. The molecule has 2 aromatic rings. The number of rotatable bonds is 9. The van der Waals surface area contributed by atoms with Crippen LogP contribution in [0.5, 0.6) is 5.75 Å². The first-order chi connectivity index (χ1) is 14.2. The summed E-state index contributed by atoms with van der Waals surface area (Å²) in [5.74, 6) is 0.799. The van der Waals surface area contributed by atoms with Crippen LogP contribution in [-0.2, 0) is 16.1 Å². The van der Waals surface area contributed by atoms with E-state index in [0.717, 1.165) is 36.4 Å². The lowest BCUT2D eigenvalue weighted by molar-refractivity contribution is -0.0447. The third-order valence-corrected chi connectivity index (χ3v) is 4.81. The van der Waals surface area contributed by atoms with E-state index in [-0.39, 0.29) is 12.1 Å². The number of nitrogens with one attached hydrogen (secondary N) is 1. The summed E-state index contributed by atoms with van der Waals surface area (Å²) >= 11 is 0. The molecule has 6 nitrogen and oxygen atoms in total. The summed E-state index contributed by atoms with van der Waals surface area (Å²) in [6, 6.07) is 17.1. The summed E-state index contributed by atoms with van der Waals surface area (Å²) in [5.41, 5.74) is 1.77. The highest BCUT2D eigenvalue weighted by molar-refractivity contribution is 5.89. The normalized spacial score (nSPS) is 16.2. The van der Waals surface area contributed by atoms with E-state index in [9.17, 15) is 4.79 Å². The van der Waals surface area contributed by atoms with Gasteiger partial charge >= 0.3 is 6.03 Å². The molecule has 0 aliphatic carbocycles. The molecule has 6 heteroatoms. The van der Waals surface area contributed by atoms with Gasteiger partial charge in [0.1, 0.15) is 12.4 Å². The first-order valence-electron chi connectivity index (χ1n) is 10.2. The zero-order valence-corrected chi connectivity index (χ0v) is 17.0. The average Bonchev–Trinajstić information content (AvgIpc) is 2.75. The van der Waals surface area contributed by atoms with Gasteiger partial charge in [-0.3, -0.25) is 0 Å². The first-order valence-corrected chi connectivity index (χ1v) is 10.2. The van der Waals surface area contributed by atoms with Gasteiger partial charge in [0.25, 0.3) is 0 Å². The number of hydrogen-bond donors (Lipinski definition) is 1. The molecule has 156 valence electrons. The van der Waals surface area contributed by atoms with Crippen LogP contribution in [0.4, 0.5) is 10.5 Å². The molecule has 0 spiro atoms. The van der Waals surface area contributed by atoms with Crippen LogP contribution in [-0.4, -0.2) is 50.4 Å². The average molecular weight is 399 g/mol. The van der Waals surface area contributed by atoms with Crippen molar-refractivity contribution < 1.29 is 19.0 Å². The minimum atomic E-state index is -0.171. The number of benzene rings is 2. The molecule has 1 atom stereocenters. The molecule has 29 heavy (non-hydrogen) atoms. The van der Waals surface area contributed by atoms with Crippen LogP contribution in [0.25, 0.3) is 0 Å². The van der Waals surface area contributed by atoms with Gasteiger partial charge in [-0.05, 0) is 49.1 Å². The standard InChI is InChI=1S/C23H30N2O4/c1-25(13-15-29-21-10-3-2-4-11-21)23(26)24-20-9-7-8-19(16-20)17-27-18-22-12-5-6-14-28-22/h2-4,7-11,16,22H,5-6,12-15,17-18H2,1H3,(H,24,26). The third-order valence-electron chi connectivity index (χ3n) is 4.81. The highest BCUT2D eigenvalue weighted by atomic mass is 16.5. The summed E-state index contributed by atoms with van der Waals surface area (Å²) in [7, 11) is 1.75. The number of ether oxygens (including phenoxy) is 3. The number of amides is 2. The lowest BCUT2D eigenvalue weighted by Gasteiger charge is -2.22. The second kappa shape index (κ2) is 11.4. The molecule has 1 fully saturated rings. The van der Waals surface area contributed by atoms with Crippen molar-refractivity contribution in [2.45, 2.75) is 32.0 Å². The van der Waals surface area contributed by atoms with Gasteiger partial charge < -0.3 is 24.4 Å². The number of carbonyl (C=O) groups is 1. The molecule has 1 unspecified atom stereocenters. The molecule has 1 saturated heterocycles. The molecule has 0 bridgehead atoms. The van der Waals surface area contributed by atoms with Crippen molar-refractivity contribution in [3.05, 3.63) is 60.2 Å². The molecule has 0 aromatic heterocycles. The first kappa shape index (κ1) is 21.1. The predicted octanol–water partition coefficient (Wildman–Crippen LogP) is 4.32. The Balaban J connectivity index is 1.39. The fourth-order valence-electron chi connectivity index (χ4n) is 3.12. The van der Waals surface area contributed by atoms with Gasteiger partial charge in [0, 0.05) is 19.3 Å². The van der Waals surface area contributed by atoms with E-state index in [1.807, 2.05) is 54.6 Å². The number of para-hydroxylation sites is 1. The largest absolute Gasteiger partial charge is 0.492 e. The number of nitrogens with zero attached hydrogens (tertiary/aromatic N) is 1. The Morgan fingerprint density at radius 1 is 1.17 bits per heavy atom. The van der Waals surface area contributed by atoms with Crippen molar-refractivity contribution in [2.24, 2.45) is 0 Å². The molecule has 1 aliphatic rings. The minimum absolute atomic E-state index is 0.171. The lowest BCUT2D eigenvalue weighted by Crippen LogP contribution is -2.34. The molecule has 0 radical (unpaired) electrons. The van der Waals surface area contributed by atoms with Crippen molar-refractivity contribution in [1.29, 1.82) is 0 Å². The second-order valence-electron chi connectivity index (χ2n) is 7.22. The van der Waals surface area contributed by atoms with Crippen LogP contribution in [0.15, 0.2) is 54.6 Å². The van der Waals surface area contributed by atoms with E-state index in [1.165, 1.54) is 6.42 Å². The van der Waals surface area contributed by atoms with E-state index in [4.69, 9.17) is 14.2 Å². The Kier molecular flexibility index (Phi) is 8.34. The Morgan fingerprint density at radius 2 is 2.03 bits per heavy atom. The van der Waals surface area contributed by atoms with Crippen LogP contribution >= 0.6 is 0 Å². The maximum Gasteiger partial charge on any atom is 0.321 e. The Labute approximate surface area is 172 Å². The van der Waals surface area contributed by atoms with Gasteiger partial charge in [0.2, 0.25) is 0 Å². The van der Waals surface area contributed by atoms with Crippen LogP contribution < -0.4 is 10.1 Å². The van der Waals surface area contributed by atoms with Gasteiger partial charge in [-0.25, -0.2) is 4.79 Å². The highest BCUT2D eigenvalue weighted by Gasteiger charge is 2.14. The molecule has 0 saturated carbocycles. The van der Waals surface area contributed by atoms with E-state index in [0.29, 0.717) is 26.4 Å². The summed E-state index contributed by atoms with van der Waals surface area (Å²) in [6.45, 7) is 2.88. The molecular weight excluding hydrogens is 368 g/mol. The summed E-state index contributed by atoms with van der Waals surface area (Å²) in [5, 5.41) is 2.92. The molecule has 3 rings (SSSR count). The molecular formula is C23H30N2O4. The topological polar surface area (TPSA) is 60.0 Å². The number of carbonyl (C=O) groups excluding carboxylic acids is 1. The van der Waals surface area contributed by atoms with Crippen molar-refractivity contribution >= 4 is 11.7 Å². The van der Waals surface area contributed by atoms with Gasteiger partial charge in [-0.15, -0.1) is 0 Å². The van der Waals surface area contributed by atoms with E-state index >= 15 is 0 Å². The predicted molar refractivity (Wildman–Crippen MR) is 113 cm³/mol. The third kappa shape index (κ3) is 7.40. The van der Waals surface area contributed by atoms with Crippen molar-refractivity contribution in [3.8, 4) is 5.75 Å². The second-order valence-corrected chi connectivity index (χ2v) is 7.22. The number of likely N-dealkylation sites (N-methyl/N-ethyl adjacent to an activating group) is 1. The Hall–Kier alpha value is -2.57. The number of hydrogen-bond acceptors (Lipinski definition) is 4. The zero-order valence-electron chi connectivity index (χ0n) is 17.0. The number of urea groups is 1. The molecule has 1 aliphatic heterocycles. The Bertz CT molecular complexity index is 748. The highest BCUT2D eigenvalue weighted by Crippen LogP contribution is 2.15. The SMILES string of the molecule is CN(CCOc1ccccc1)C(=O)Nc1cccc(COCC2CCCCO2)c1. The minimum Gasteiger partial charge on any atom is -0.492 e. The van der Waals surface area contributed by atoms with Crippen molar-refractivity contribution in [3.63, 3.8) is 0 Å². The fraction of sp³-hybridized carbons (Fsp3) is 0.435. The van der Waals surface area contributed by atoms with Crippen LogP contribution in [0.2, 0.25) is 0 Å². The van der Waals surface area contributed by atoms with Crippen molar-refractivity contribution in [1.82, 2.24) is 4.90 Å². The maximum absolute atomic E-state index is 12.4. The van der Waals surface area contributed by atoms with E-state index in [2.05, 4.69) is 5.32 Å². The van der Waals surface area contributed by atoms with E-state index < -0.39 is 0 Å². The van der Waals surface area contributed by atoms with E-state index in [1.54, 1.807) is 11.9 Å². The van der Waals surface area contributed by atoms with Gasteiger partial charge in [-0.1, -0.05) is 30.3 Å². The quantitative estimate of drug-likeness (QED) is 0.684. The zero-order chi connectivity index (χ0) is 20.3. The van der Waals surface area contributed by atoms with Gasteiger partial charge in [0.05, 0.1) is 25.9 Å². The summed E-state index contributed by atoms with van der Waals surface area (Å²) in [4.78, 5) is 14.0. The summed E-state index contributed by atoms with van der Waals surface area (Å²) in [6.07, 6.45) is 3.62. The van der Waals surface area contributed by atoms with Crippen molar-refractivity contribution in [2.75, 3.05) is 38.7 Å². The van der Waals surface area contributed by atoms with Gasteiger partial charge in [-0.2, -0.15) is 0 Å². The Morgan fingerprint density at radius 3 is 2.83 bits per heavy atom. The molecule has 2 amide bonds. The molecule has 1 heterocycles. The van der Waals surface area contributed by atoms with Crippen LogP contribution in [0.1, 0.15) is 24.8 Å².